The van der Waals surface area contributed by atoms with Crippen molar-refractivity contribution in [3.8, 4) is 0 Å². The maximum absolute atomic E-state index is 14.0. The van der Waals surface area contributed by atoms with Crippen LogP contribution in [0.1, 0.15) is 42.5 Å². The van der Waals surface area contributed by atoms with Crippen molar-refractivity contribution in [3.05, 3.63) is 58.9 Å². The van der Waals surface area contributed by atoms with Crippen LogP contribution >= 0.6 is 23.4 Å². The molecule has 0 unspecified atom stereocenters. The summed E-state index contributed by atoms with van der Waals surface area (Å²) in [5.41, 5.74) is 0.465. The molecule has 2 aromatic carbocycles. The van der Waals surface area contributed by atoms with Crippen LogP contribution in [0.25, 0.3) is 0 Å². The summed E-state index contributed by atoms with van der Waals surface area (Å²) in [6.07, 6.45) is 5.68. The van der Waals surface area contributed by atoms with Gasteiger partial charge in [-0.05, 0) is 43.2 Å². The van der Waals surface area contributed by atoms with Crippen molar-refractivity contribution in [1.29, 1.82) is 0 Å². The summed E-state index contributed by atoms with van der Waals surface area (Å²) in [5.74, 6) is -0.712. The van der Waals surface area contributed by atoms with Gasteiger partial charge in [-0.2, -0.15) is 0 Å². The molecule has 0 heterocycles. The van der Waals surface area contributed by atoms with Crippen LogP contribution in [0.4, 0.5) is 10.1 Å². The Hall–Kier alpha value is -2.05. The van der Waals surface area contributed by atoms with Gasteiger partial charge in [0.15, 0.2) is 0 Å². The third kappa shape index (κ3) is 5.73. The standard InChI is InChI=1S/C22H24ClFN2O2S/c1-26(16-7-3-2-4-8-16)21(27)14-29-20-10-6-5-9-17(20)22(28)25-19-12-11-15(23)13-18(19)24/h5-6,9-13,16H,2-4,7-8,14H2,1H3,(H,25,28). The fraction of sp³-hybridized carbons (Fsp3) is 0.364. The van der Waals surface area contributed by atoms with E-state index in [9.17, 15) is 14.0 Å². The molecule has 0 spiro atoms. The third-order valence-electron chi connectivity index (χ3n) is 5.18. The Balaban J connectivity index is 1.65. The molecule has 1 aliphatic rings. The zero-order chi connectivity index (χ0) is 20.8. The minimum Gasteiger partial charge on any atom is -0.342 e. The number of hydrogen-bond donors (Lipinski definition) is 1. The highest BCUT2D eigenvalue weighted by Gasteiger charge is 2.22. The molecule has 29 heavy (non-hydrogen) atoms. The first-order valence-corrected chi connectivity index (χ1v) is 11.1. The van der Waals surface area contributed by atoms with Gasteiger partial charge in [-0.25, -0.2) is 4.39 Å². The number of carbonyl (C=O) groups is 2. The predicted molar refractivity (Wildman–Crippen MR) is 116 cm³/mol. The molecule has 4 nitrogen and oxygen atoms in total. The number of amides is 2. The molecule has 2 aromatic rings. The number of anilines is 1. The molecule has 1 saturated carbocycles. The van der Waals surface area contributed by atoms with Crippen LogP contribution in [0, 0.1) is 5.82 Å². The Morgan fingerprint density at radius 2 is 1.90 bits per heavy atom. The summed E-state index contributed by atoms with van der Waals surface area (Å²) in [7, 11) is 1.86. The second-order valence-electron chi connectivity index (χ2n) is 7.16. The number of benzene rings is 2. The smallest absolute Gasteiger partial charge is 0.256 e. The third-order valence-corrected chi connectivity index (χ3v) is 6.47. The van der Waals surface area contributed by atoms with E-state index >= 15 is 0 Å². The van der Waals surface area contributed by atoms with Gasteiger partial charge in [0, 0.05) is 23.0 Å². The van der Waals surface area contributed by atoms with E-state index in [-0.39, 0.29) is 22.4 Å². The van der Waals surface area contributed by atoms with Crippen LogP contribution in [0.5, 0.6) is 0 Å². The lowest BCUT2D eigenvalue weighted by Crippen LogP contribution is -2.39. The van der Waals surface area contributed by atoms with Gasteiger partial charge in [-0.1, -0.05) is 43.0 Å². The number of halogens is 2. The predicted octanol–water partition coefficient (Wildman–Crippen LogP) is 5.61. The van der Waals surface area contributed by atoms with E-state index in [1.165, 1.54) is 43.2 Å². The molecule has 0 aromatic heterocycles. The highest BCUT2D eigenvalue weighted by Crippen LogP contribution is 2.27. The highest BCUT2D eigenvalue weighted by atomic mass is 35.5. The number of nitrogens with zero attached hydrogens (tertiary/aromatic N) is 1. The molecule has 0 bridgehead atoms. The lowest BCUT2D eigenvalue weighted by Gasteiger charge is -2.31. The van der Waals surface area contributed by atoms with Crippen molar-refractivity contribution < 1.29 is 14.0 Å². The van der Waals surface area contributed by atoms with Gasteiger partial charge in [0.1, 0.15) is 5.82 Å². The monoisotopic (exact) mass is 434 g/mol. The van der Waals surface area contributed by atoms with Crippen LogP contribution < -0.4 is 5.32 Å². The number of hydrogen-bond acceptors (Lipinski definition) is 3. The molecular formula is C22H24ClFN2O2S. The van der Waals surface area contributed by atoms with E-state index < -0.39 is 11.7 Å². The van der Waals surface area contributed by atoms with E-state index in [1.807, 2.05) is 18.0 Å². The average molecular weight is 435 g/mol. The summed E-state index contributed by atoms with van der Waals surface area (Å²) in [6.45, 7) is 0. The zero-order valence-corrected chi connectivity index (χ0v) is 17.9. The van der Waals surface area contributed by atoms with Crippen molar-refractivity contribution in [2.45, 2.75) is 43.0 Å². The van der Waals surface area contributed by atoms with Gasteiger partial charge >= 0.3 is 0 Å². The Morgan fingerprint density at radius 1 is 1.17 bits per heavy atom. The average Bonchev–Trinajstić information content (AvgIpc) is 2.74. The largest absolute Gasteiger partial charge is 0.342 e. The topological polar surface area (TPSA) is 49.4 Å². The lowest BCUT2D eigenvalue weighted by atomic mass is 9.94. The summed E-state index contributed by atoms with van der Waals surface area (Å²) < 4.78 is 14.0. The van der Waals surface area contributed by atoms with Gasteiger partial charge < -0.3 is 10.2 Å². The highest BCUT2D eigenvalue weighted by molar-refractivity contribution is 8.00. The van der Waals surface area contributed by atoms with E-state index in [2.05, 4.69) is 5.32 Å². The first-order chi connectivity index (χ1) is 14.0. The molecule has 7 heteroatoms. The van der Waals surface area contributed by atoms with E-state index in [0.29, 0.717) is 16.5 Å². The van der Waals surface area contributed by atoms with Crippen molar-refractivity contribution in [3.63, 3.8) is 0 Å². The van der Waals surface area contributed by atoms with Crippen molar-refractivity contribution in [1.82, 2.24) is 4.90 Å². The van der Waals surface area contributed by atoms with Gasteiger partial charge in [-0.3, -0.25) is 9.59 Å². The molecule has 0 aliphatic heterocycles. The molecular weight excluding hydrogens is 411 g/mol. The maximum atomic E-state index is 14.0. The van der Waals surface area contributed by atoms with Crippen LogP contribution in [-0.2, 0) is 4.79 Å². The SMILES string of the molecule is CN(C(=O)CSc1ccccc1C(=O)Nc1ccc(Cl)cc1F)C1CCCCC1. The first kappa shape index (κ1) is 21.7. The molecule has 3 rings (SSSR count). The zero-order valence-electron chi connectivity index (χ0n) is 16.3. The second kappa shape index (κ2) is 10.1. The molecule has 0 saturated heterocycles. The van der Waals surface area contributed by atoms with Gasteiger partial charge in [0.25, 0.3) is 5.91 Å². The van der Waals surface area contributed by atoms with Crippen LogP contribution in [0.15, 0.2) is 47.4 Å². The fourth-order valence-electron chi connectivity index (χ4n) is 3.47. The molecule has 1 fully saturated rings. The molecule has 154 valence electrons. The number of carbonyl (C=O) groups excluding carboxylic acids is 2. The van der Waals surface area contributed by atoms with E-state index in [1.54, 1.807) is 18.2 Å². The Kier molecular flexibility index (Phi) is 7.56. The molecule has 0 radical (unpaired) electrons. The van der Waals surface area contributed by atoms with Gasteiger partial charge in [-0.15, -0.1) is 11.8 Å². The van der Waals surface area contributed by atoms with E-state index in [4.69, 9.17) is 11.6 Å². The van der Waals surface area contributed by atoms with Crippen LogP contribution in [-0.4, -0.2) is 35.6 Å². The number of rotatable bonds is 6. The molecule has 1 N–H and O–H groups in total. The Morgan fingerprint density at radius 3 is 2.62 bits per heavy atom. The van der Waals surface area contributed by atoms with Crippen molar-refractivity contribution in [2.75, 3.05) is 18.1 Å². The fourth-order valence-corrected chi connectivity index (χ4v) is 4.61. The molecule has 0 atom stereocenters. The molecule has 2 amide bonds. The Bertz CT molecular complexity index is 887. The summed E-state index contributed by atoms with van der Waals surface area (Å²) in [5, 5.41) is 2.84. The summed E-state index contributed by atoms with van der Waals surface area (Å²) in [4.78, 5) is 27.8. The maximum Gasteiger partial charge on any atom is 0.256 e. The minimum atomic E-state index is -0.597. The quantitative estimate of drug-likeness (QED) is 0.600. The minimum absolute atomic E-state index is 0.0563. The Labute approximate surface area is 179 Å². The van der Waals surface area contributed by atoms with Crippen LogP contribution in [0.2, 0.25) is 5.02 Å². The normalized spacial score (nSPS) is 14.4. The number of thioether (sulfide) groups is 1. The summed E-state index contributed by atoms with van der Waals surface area (Å²) >= 11 is 7.08. The van der Waals surface area contributed by atoms with Crippen molar-refractivity contribution in [2.24, 2.45) is 0 Å². The van der Waals surface area contributed by atoms with Gasteiger partial charge in [0.05, 0.1) is 17.0 Å². The number of nitrogens with one attached hydrogen (secondary N) is 1. The lowest BCUT2D eigenvalue weighted by molar-refractivity contribution is -0.129. The summed E-state index contributed by atoms with van der Waals surface area (Å²) in [6, 6.07) is 11.4. The van der Waals surface area contributed by atoms with Crippen LogP contribution in [0.3, 0.4) is 0 Å². The second-order valence-corrected chi connectivity index (χ2v) is 8.61. The van der Waals surface area contributed by atoms with Gasteiger partial charge in [0.2, 0.25) is 5.91 Å². The first-order valence-electron chi connectivity index (χ1n) is 9.69. The van der Waals surface area contributed by atoms with E-state index in [0.717, 1.165) is 18.9 Å². The van der Waals surface area contributed by atoms with Crippen molar-refractivity contribution >= 4 is 40.9 Å². The molecule has 1 aliphatic carbocycles.